The molecule has 23 heavy (non-hydrogen) atoms. The molecule has 2 atom stereocenters. The summed E-state index contributed by atoms with van der Waals surface area (Å²) in [5.41, 5.74) is 1.24. The van der Waals surface area contributed by atoms with Gasteiger partial charge in [0.2, 0.25) is 0 Å². The number of nitriles is 1. The number of rotatable bonds is 7. The SMILES string of the molecule is C[Si](C)(C)C/C=C\CC[C@@H](C#N)N1COC[C@H]1c1ccccc1. The Labute approximate surface area is 141 Å². The van der Waals surface area contributed by atoms with E-state index in [1.807, 2.05) is 18.2 Å². The zero-order valence-electron chi connectivity index (χ0n) is 14.5. The van der Waals surface area contributed by atoms with Crippen LogP contribution >= 0.6 is 0 Å². The van der Waals surface area contributed by atoms with E-state index in [0.29, 0.717) is 13.3 Å². The van der Waals surface area contributed by atoms with Gasteiger partial charge in [0.15, 0.2) is 0 Å². The zero-order valence-corrected chi connectivity index (χ0v) is 15.5. The van der Waals surface area contributed by atoms with E-state index in [2.05, 4.69) is 54.9 Å². The lowest BCUT2D eigenvalue weighted by Crippen LogP contribution is -2.34. The standard InChI is InChI=1S/C19H28N2OSi/c1-23(2,3)13-9-5-8-12-18(14-20)21-16-22-15-19(21)17-10-6-4-7-11-17/h4-7,9-11,18-19H,8,12-13,15-16H2,1-3H3/b9-5-/t18-,19-/m0/s1. The minimum absolute atomic E-state index is 0.0840. The Bertz CT molecular complexity index is 545. The van der Waals surface area contributed by atoms with Gasteiger partial charge >= 0.3 is 0 Å². The molecule has 3 nitrogen and oxygen atoms in total. The van der Waals surface area contributed by atoms with Crippen molar-refractivity contribution in [3.05, 3.63) is 48.0 Å². The van der Waals surface area contributed by atoms with Crippen LogP contribution in [-0.4, -0.2) is 32.4 Å². The van der Waals surface area contributed by atoms with E-state index in [4.69, 9.17) is 4.74 Å². The number of allylic oxidation sites excluding steroid dienone is 2. The first-order chi connectivity index (χ1) is 11.0. The monoisotopic (exact) mass is 328 g/mol. The summed E-state index contributed by atoms with van der Waals surface area (Å²) < 4.78 is 5.64. The van der Waals surface area contributed by atoms with Crippen LogP contribution in [0.5, 0.6) is 0 Å². The number of ether oxygens (including phenoxy) is 1. The van der Waals surface area contributed by atoms with Crippen molar-refractivity contribution in [3.8, 4) is 6.07 Å². The highest BCUT2D eigenvalue weighted by Crippen LogP contribution is 2.29. The number of hydrogen-bond acceptors (Lipinski definition) is 3. The molecule has 0 aliphatic carbocycles. The van der Waals surface area contributed by atoms with Gasteiger partial charge in [-0.3, -0.25) is 4.90 Å². The van der Waals surface area contributed by atoms with E-state index in [0.717, 1.165) is 12.8 Å². The first kappa shape index (κ1) is 17.9. The Morgan fingerprint density at radius 1 is 1.30 bits per heavy atom. The molecule has 124 valence electrons. The van der Waals surface area contributed by atoms with Crippen LogP contribution in [0.4, 0.5) is 0 Å². The Morgan fingerprint density at radius 2 is 2.04 bits per heavy atom. The van der Waals surface area contributed by atoms with E-state index in [9.17, 15) is 5.26 Å². The summed E-state index contributed by atoms with van der Waals surface area (Å²) in [6.45, 7) is 8.36. The molecule has 0 amide bonds. The normalized spacial score (nSPS) is 20.7. The molecule has 1 saturated heterocycles. The van der Waals surface area contributed by atoms with Crippen molar-refractivity contribution in [1.82, 2.24) is 4.90 Å². The average Bonchev–Trinajstić information content (AvgIpc) is 3.00. The molecule has 1 fully saturated rings. The molecule has 4 heteroatoms. The fourth-order valence-electron chi connectivity index (χ4n) is 2.84. The smallest absolute Gasteiger partial charge is 0.101 e. The molecule has 0 radical (unpaired) electrons. The van der Waals surface area contributed by atoms with Crippen LogP contribution in [-0.2, 0) is 4.74 Å². The van der Waals surface area contributed by atoms with Gasteiger partial charge in [0.25, 0.3) is 0 Å². The molecule has 0 N–H and O–H groups in total. The lowest BCUT2D eigenvalue weighted by atomic mass is 10.0. The van der Waals surface area contributed by atoms with E-state index in [1.165, 1.54) is 11.6 Å². The first-order valence-electron chi connectivity index (χ1n) is 8.44. The summed E-state index contributed by atoms with van der Waals surface area (Å²) in [4.78, 5) is 2.20. The molecule has 1 aromatic carbocycles. The Kier molecular flexibility index (Phi) is 6.58. The molecule has 0 spiro atoms. The van der Waals surface area contributed by atoms with Crippen LogP contribution in [0.25, 0.3) is 0 Å². The second-order valence-corrected chi connectivity index (χ2v) is 12.9. The molecule has 0 saturated carbocycles. The molecule has 1 aliphatic rings. The Morgan fingerprint density at radius 3 is 2.70 bits per heavy atom. The Balaban J connectivity index is 1.91. The third-order valence-electron chi connectivity index (χ3n) is 4.15. The van der Waals surface area contributed by atoms with Crippen LogP contribution in [0.1, 0.15) is 24.4 Å². The molecular formula is C19H28N2OSi. The average molecular weight is 329 g/mol. The largest absolute Gasteiger partial charge is 0.364 e. The second-order valence-electron chi connectivity index (χ2n) is 7.40. The molecule has 0 aromatic heterocycles. The van der Waals surface area contributed by atoms with Crippen molar-refractivity contribution >= 4 is 8.07 Å². The predicted molar refractivity (Wildman–Crippen MR) is 97.8 cm³/mol. The Hall–Kier alpha value is -1.41. The molecule has 2 rings (SSSR count). The summed E-state index contributed by atoms with van der Waals surface area (Å²) >= 11 is 0. The summed E-state index contributed by atoms with van der Waals surface area (Å²) in [7, 11) is -1.01. The van der Waals surface area contributed by atoms with Crippen molar-refractivity contribution < 1.29 is 4.74 Å². The van der Waals surface area contributed by atoms with Gasteiger partial charge in [-0.1, -0.05) is 62.1 Å². The molecule has 1 aliphatic heterocycles. The number of benzene rings is 1. The maximum absolute atomic E-state index is 9.57. The van der Waals surface area contributed by atoms with Gasteiger partial charge in [0.05, 0.1) is 18.7 Å². The van der Waals surface area contributed by atoms with E-state index in [-0.39, 0.29) is 12.1 Å². The quantitative estimate of drug-likeness (QED) is 0.543. The maximum atomic E-state index is 9.57. The van der Waals surface area contributed by atoms with Crippen LogP contribution in [0, 0.1) is 11.3 Å². The molecule has 0 bridgehead atoms. The molecular weight excluding hydrogens is 300 g/mol. The van der Waals surface area contributed by atoms with Crippen LogP contribution in [0.15, 0.2) is 42.5 Å². The maximum Gasteiger partial charge on any atom is 0.101 e. The highest BCUT2D eigenvalue weighted by atomic mass is 28.3. The third kappa shape index (κ3) is 5.62. The molecule has 1 aromatic rings. The van der Waals surface area contributed by atoms with E-state index >= 15 is 0 Å². The van der Waals surface area contributed by atoms with E-state index in [1.54, 1.807) is 0 Å². The van der Waals surface area contributed by atoms with Gasteiger partial charge in [-0.2, -0.15) is 5.26 Å². The minimum atomic E-state index is -1.01. The van der Waals surface area contributed by atoms with Crippen molar-refractivity contribution in [2.75, 3.05) is 13.3 Å². The highest BCUT2D eigenvalue weighted by Gasteiger charge is 2.32. The van der Waals surface area contributed by atoms with Crippen LogP contribution < -0.4 is 0 Å². The number of nitrogens with zero attached hydrogens (tertiary/aromatic N) is 2. The zero-order chi connectivity index (χ0) is 16.7. The van der Waals surface area contributed by atoms with Gasteiger partial charge in [0, 0.05) is 8.07 Å². The minimum Gasteiger partial charge on any atom is -0.364 e. The second kappa shape index (κ2) is 8.44. The van der Waals surface area contributed by atoms with Gasteiger partial charge in [0.1, 0.15) is 12.8 Å². The lowest BCUT2D eigenvalue weighted by molar-refractivity contribution is 0.120. The van der Waals surface area contributed by atoms with Crippen molar-refractivity contribution in [1.29, 1.82) is 5.26 Å². The molecule has 1 heterocycles. The summed E-state index contributed by atoms with van der Waals surface area (Å²) in [5.74, 6) is 0. The lowest BCUT2D eigenvalue weighted by Gasteiger charge is -2.26. The predicted octanol–water partition coefficient (Wildman–Crippen LogP) is 4.58. The summed E-state index contributed by atoms with van der Waals surface area (Å²) in [5, 5.41) is 9.57. The van der Waals surface area contributed by atoms with Gasteiger partial charge < -0.3 is 4.74 Å². The van der Waals surface area contributed by atoms with Crippen molar-refractivity contribution in [2.45, 2.75) is 50.6 Å². The molecule has 0 unspecified atom stereocenters. The third-order valence-corrected chi connectivity index (χ3v) is 5.61. The van der Waals surface area contributed by atoms with Gasteiger partial charge in [-0.25, -0.2) is 0 Å². The summed E-state index contributed by atoms with van der Waals surface area (Å²) in [6.07, 6.45) is 6.37. The first-order valence-corrected chi connectivity index (χ1v) is 12.1. The summed E-state index contributed by atoms with van der Waals surface area (Å²) in [6, 6.07) is 14.2. The highest BCUT2D eigenvalue weighted by molar-refractivity contribution is 6.76. The fourth-order valence-corrected chi connectivity index (χ4v) is 3.71. The topological polar surface area (TPSA) is 36.3 Å². The van der Waals surface area contributed by atoms with Gasteiger partial charge in [-0.15, -0.1) is 0 Å². The van der Waals surface area contributed by atoms with Crippen molar-refractivity contribution in [3.63, 3.8) is 0 Å². The number of hydrogen-bond donors (Lipinski definition) is 0. The van der Waals surface area contributed by atoms with Crippen LogP contribution in [0.2, 0.25) is 25.7 Å². The fraction of sp³-hybridized carbons (Fsp3) is 0.526. The van der Waals surface area contributed by atoms with Gasteiger partial charge in [-0.05, 0) is 24.4 Å². The van der Waals surface area contributed by atoms with Crippen LogP contribution in [0.3, 0.4) is 0 Å². The van der Waals surface area contributed by atoms with E-state index < -0.39 is 8.07 Å². The van der Waals surface area contributed by atoms with Crippen molar-refractivity contribution in [2.24, 2.45) is 0 Å².